The molecule has 4 rings (SSSR count). The average molecular weight is 434 g/mol. The monoisotopic (exact) mass is 433 g/mol. The van der Waals surface area contributed by atoms with Crippen molar-refractivity contribution in [1.82, 2.24) is 21.6 Å². The highest BCUT2D eigenvalue weighted by atomic mass is 16.1. The third-order valence-corrected chi connectivity index (χ3v) is 10.6. The van der Waals surface area contributed by atoms with E-state index in [1.54, 1.807) is 7.05 Å². The number of carbonyl (C=O) groups is 1. The Bertz CT molecular complexity index is 629. The predicted octanol–water partition coefficient (Wildman–Crippen LogP) is 3.10. The van der Waals surface area contributed by atoms with Gasteiger partial charge in [-0.05, 0) is 105 Å². The highest BCUT2D eigenvalue weighted by Crippen LogP contribution is 2.67. The number of hydrazine groups is 2. The maximum Gasteiger partial charge on any atom is 0.219 e. The Morgan fingerprint density at radius 3 is 2.52 bits per heavy atom. The van der Waals surface area contributed by atoms with Crippen molar-refractivity contribution in [2.24, 2.45) is 46.3 Å². The van der Waals surface area contributed by atoms with E-state index >= 15 is 0 Å². The smallest absolute Gasteiger partial charge is 0.219 e. The summed E-state index contributed by atoms with van der Waals surface area (Å²) in [5, 5.41) is 6.59. The summed E-state index contributed by atoms with van der Waals surface area (Å²) in [6, 6.07) is 0.670. The van der Waals surface area contributed by atoms with E-state index in [9.17, 15) is 4.79 Å². The minimum atomic E-state index is 0.217. The fourth-order valence-electron chi connectivity index (χ4n) is 8.87. The number of rotatable bonds is 8. The van der Waals surface area contributed by atoms with E-state index in [0.717, 1.165) is 49.1 Å². The predicted molar refractivity (Wildman–Crippen MR) is 126 cm³/mol. The van der Waals surface area contributed by atoms with Crippen LogP contribution in [0, 0.1) is 40.4 Å². The number of nitrogens with two attached hydrogens (primary N) is 1. The first kappa shape index (κ1) is 23.5. The van der Waals surface area contributed by atoms with Crippen LogP contribution < -0.4 is 27.4 Å². The van der Waals surface area contributed by atoms with Gasteiger partial charge < -0.3 is 10.6 Å². The third-order valence-electron chi connectivity index (χ3n) is 10.6. The third kappa shape index (κ3) is 4.42. The van der Waals surface area contributed by atoms with Gasteiger partial charge in [0, 0.05) is 32.6 Å². The van der Waals surface area contributed by atoms with Gasteiger partial charge in [0.05, 0.1) is 0 Å². The molecule has 4 aliphatic carbocycles. The van der Waals surface area contributed by atoms with Gasteiger partial charge >= 0.3 is 0 Å². The van der Waals surface area contributed by atoms with Crippen LogP contribution in [0.4, 0.5) is 0 Å². The summed E-state index contributed by atoms with van der Waals surface area (Å²) >= 11 is 0. The maximum atomic E-state index is 11.9. The molecule has 6 unspecified atom stereocenters. The van der Waals surface area contributed by atoms with Gasteiger partial charge in [0.25, 0.3) is 0 Å². The molecule has 6 N–H and O–H groups in total. The maximum absolute atomic E-state index is 11.9. The van der Waals surface area contributed by atoms with E-state index in [2.05, 4.69) is 35.4 Å². The van der Waals surface area contributed by atoms with Gasteiger partial charge in [-0.1, -0.05) is 13.8 Å². The largest absolute Gasteiger partial charge is 0.359 e. The van der Waals surface area contributed by atoms with Gasteiger partial charge in [0.15, 0.2) is 0 Å². The van der Waals surface area contributed by atoms with E-state index in [4.69, 9.17) is 5.84 Å². The molecule has 4 fully saturated rings. The molecule has 0 heterocycles. The number of carbonyl (C=O) groups excluding carboxylic acids is 1. The minimum absolute atomic E-state index is 0.217. The van der Waals surface area contributed by atoms with Crippen molar-refractivity contribution in [2.75, 3.05) is 20.1 Å². The zero-order valence-corrected chi connectivity index (χ0v) is 20.1. The lowest BCUT2D eigenvalue weighted by Crippen LogP contribution is -2.55. The average Bonchev–Trinajstić information content (AvgIpc) is 3.11. The lowest BCUT2D eigenvalue weighted by molar-refractivity contribution is -0.122. The van der Waals surface area contributed by atoms with Gasteiger partial charge in [-0.3, -0.25) is 10.6 Å². The molecule has 178 valence electrons. The lowest BCUT2D eigenvalue weighted by atomic mass is 9.44. The highest BCUT2D eigenvalue weighted by molar-refractivity contribution is 5.75. The summed E-state index contributed by atoms with van der Waals surface area (Å²) < 4.78 is 0. The first-order chi connectivity index (χ1) is 14.9. The van der Waals surface area contributed by atoms with Crippen LogP contribution in [0.15, 0.2) is 0 Å². The van der Waals surface area contributed by atoms with Crippen molar-refractivity contribution in [3.63, 3.8) is 0 Å². The molecule has 0 saturated heterocycles. The fourth-order valence-corrected chi connectivity index (χ4v) is 8.87. The van der Waals surface area contributed by atoms with Crippen molar-refractivity contribution in [3.05, 3.63) is 0 Å². The zero-order valence-electron chi connectivity index (χ0n) is 20.1. The molecular formula is C25H47N5O. The first-order valence-electron chi connectivity index (χ1n) is 13.0. The Hall–Kier alpha value is -0.690. The van der Waals surface area contributed by atoms with E-state index in [1.807, 2.05) is 0 Å². The highest BCUT2D eigenvalue weighted by Gasteiger charge is 2.59. The summed E-state index contributed by atoms with van der Waals surface area (Å²) in [7, 11) is 1.77. The molecular weight excluding hydrogens is 386 g/mol. The van der Waals surface area contributed by atoms with Crippen LogP contribution in [0.1, 0.15) is 84.5 Å². The lowest BCUT2D eigenvalue weighted by Gasteiger charge is -2.61. The molecule has 0 bridgehead atoms. The van der Waals surface area contributed by atoms with Crippen LogP contribution in [0.25, 0.3) is 0 Å². The summed E-state index contributed by atoms with van der Waals surface area (Å²) in [5.74, 6) is 9.89. The molecule has 0 aromatic rings. The standard InChI is InChI=1S/C25H47N5O/c1-24-13-11-22-20(21(24)8-5-17(24)6-9-23(31)27-3)7-4-18-16-19(10-12-25(18,22)2)28-14-15-29-30-26/h17-22,28-30H,4-16,26H2,1-3H3,(H,27,31)/t17-,18?,19?,20?,21?,22?,24-,25?/m1/s1. The Morgan fingerprint density at radius 1 is 0.968 bits per heavy atom. The topological polar surface area (TPSA) is 91.2 Å². The van der Waals surface area contributed by atoms with Crippen LogP contribution >= 0.6 is 0 Å². The van der Waals surface area contributed by atoms with Crippen molar-refractivity contribution >= 4 is 5.91 Å². The summed E-state index contributed by atoms with van der Waals surface area (Å²) in [5.41, 5.74) is 6.51. The summed E-state index contributed by atoms with van der Waals surface area (Å²) in [4.78, 5) is 11.9. The molecule has 8 atom stereocenters. The van der Waals surface area contributed by atoms with E-state index < -0.39 is 0 Å². The quantitative estimate of drug-likeness (QED) is 0.230. The van der Waals surface area contributed by atoms with Crippen LogP contribution in [-0.4, -0.2) is 32.1 Å². The summed E-state index contributed by atoms with van der Waals surface area (Å²) in [6.45, 7) is 7.09. The van der Waals surface area contributed by atoms with Crippen molar-refractivity contribution in [2.45, 2.75) is 90.5 Å². The molecule has 31 heavy (non-hydrogen) atoms. The Morgan fingerprint density at radius 2 is 1.74 bits per heavy atom. The molecule has 0 aliphatic heterocycles. The van der Waals surface area contributed by atoms with Crippen LogP contribution in [0.2, 0.25) is 0 Å². The molecule has 0 aromatic heterocycles. The van der Waals surface area contributed by atoms with Gasteiger partial charge in [-0.25, -0.2) is 5.43 Å². The van der Waals surface area contributed by atoms with E-state index in [1.165, 1.54) is 57.8 Å². The normalized spacial score (nSPS) is 44.3. The molecule has 6 heteroatoms. The first-order valence-corrected chi connectivity index (χ1v) is 13.0. The van der Waals surface area contributed by atoms with Crippen molar-refractivity contribution in [1.29, 1.82) is 0 Å². The Kier molecular flexibility index (Phi) is 7.31. The minimum Gasteiger partial charge on any atom is -0.359 e. The van der Waals surface area contributed by atoms with Crippen LogP contribution in [0.5, 0.6) is 0 Å². The SMILES string of the molecule is CNC(=O)CC[C@H]1CCC2C3CCC4CC(NCCNNN)CCC4(C)C3CC[C@@]21C. The second-order valence-electron chi connectivity index (χ2n) is 11.7. The van der Waals surface area contributed by atoms with Gasteiger partial charge in [0.1, 0.15) is 0 Å². The molecule has 0 aromatic carbocycles. The number of fused-ring (bicyclic) bond motifs is 5. The molecule has 0 spiro atoms. The van der Waals surface area contributed by atoms with Crippen LogP contribution in [-0.2, 0) is 4.79 Å². The molecule has 6 nitrogen and oxygen atoms in total. The number of hydrogen-bond donors (Lipinski definition) is 5. The fraction of sp³-hybridized carbons (Fsp3) is 0.960. The van der Waals surface area contributed by atoms with Crippen molar-refractivity contribution in [3.8, 4) is 0 Å². The number of hydrogen-bond acceptors (Lipinski definition) is 5. The molecule has 1 amide bonds. The number of amides is 1. The van der Waals surface area contributed by atoms with Crippen molar-refractivity contribution < 1.29 is 4.79 Å². The van der Waals surface area contributed by atoms with E-state index in [-0.39, 0.29) is 5.91 Å². The molecule has 4 saturated carbocycles. The summed E-state index contributed by atoms with van der Waals surface area (Å²) in [6.07, 6.45) is 14.3. The van der Waals surface area contributed by atoms with Gasteiger partial charge in [-0.15, -0.1) is 0 Å². The van der Waals surface area contributed by atoms with E-state index in [0.29, 0.717) is 23.3 Å². The molecule has 0 radical (unpaired) electrons. The van der Waals surface area contributed by atoms with Crippen LogP contribution in [0.3, 0.4) is 0 Å². The molecule has 4 aliphatic rings. The van der Waals surface area contributed by atoms with Gasteiger partial charge in [-0.2, -0.15) is 5.53 Å². The van der Waals surface area contributed by atoms with Gasteiger partial charge in [0.2, 0.25) is 5.91 Å². The Balaban J connectivity index is 1.38. The second-order valence-corrected chi connectivity index (χ2v) is 11.7. The number of nitrogens with one attached hydrogen (secondary N) is 4. The zero-order chi connectivity index (χ0) is 22.1. The Labute approximate surface area is 189 Å². The second kappa shape index (κ2) is 9.66.